The summed E-state index contributed by atoms with van der Waals surface area (Å²) in [4.78, 5) is 21.7. The van der Waals surface area contributed by atoms with E-state index in [2.05, 4.69) is 25.9 Å². The maximum absolute atomic E-state index is 12.7. The Bertz CT molecular complexity index is 1460. The van der Waals surface area contributed by atoms with Gasteiger partial charge in [-0.05, 0) is 86.6 Å². The van der Waals surface area contributed by atoms with Crippen LogP contribution in [-0.2, 0) is 0 Å². The summed E-state index contributed by atoms with van der Waals surface area (Å²) in [5.41, 5.74) is 6.12. The molecule has 5 aromatic rings. The highest BCUT2D eigenvalue weighted by Gasteiger charge is 2.08. The Morgan fingerprint density at radius 3 is 2.03 bits per heavy atom. The first-order valence-corrected chi connectivity index (χ1v) is 11.6. The summed E-state index contributed by atoms with van der Waals surface area (Å²) < 4.78 is 1.99. The average Bonchev–Trinajstić information content (AvgIpc) is 3.42. The molecule has 178 valence electrons. The van der Waals surface area contributed by atoms with E-state index in [4.69, 9.17) is 0 Å². The molecule has 7 nitrogen and oxygen atoms in total. The molecule has 0 aliphatic carbocycles. The Hall–Kier alpha value is -4.91. The zero-order valence-corrected chi connectivity index (χ0v) is 20.1. The quantitative estimate of drug-likeness (QED) is 0.247. The first-order chi connectivity index (χ1) is 17.5. The fourth-order valence-corrected chi connectivity index (χ4v) is 3.73. The minimum atomic E-state index is -0.159. The SMILES string of the molecule is Cc1ccc(Nc2nc(C)cc(Nc3ccc(NC(=O)c4ccc(-n5cccc5)cc4)cc3)n2)cc1. The molecule has 0 saturated carbocycles. The van der Waals surface area contributed by atoms with Gasteiger partial charge >= 0.3 is 0 Å². The van der Waals surface area contributed by atoms with E-state index in [0.29, 0.717) is 23.0 Å². The third-order valence-electron chi connectivity index (χ3n) is 5.61. The summed E-state index contributed by atoms with van der Waals surface area (Å²) in [5, 5.41) is 9.49. The number of hydrogen-bond acceptors (Lipinski definition) is 5. The first kappa shape index (κ1) is 22.9. The smallest absolute Gasteiger partial charge is 0.255 e. The van der Waals surface area contributed by atoms with E-state index >= 15 is 0 Å². The first-order valence-electron chi connectivity index (χ1n) is 11.6. The van der Waals surface area contributed by atoms with Crippen molar-refractivity contribution >= 4 is 34.7 Å². The standard InChI is InChI=1S/C29H26N6O/c1-20-5-9-25(10-6-20)33-29-30-21(2)19-27(34-29)31-23-11-13-24(14-12-23)32-28(36)22-7-15-26(16-8-22)35-17-3-4-18-35/h3-19H,1-2H3,(H,32,36)(H2,30,31,33,34). The highest BCUT2D eigenvalue weighted by Crippen LogP contribution is 2.21. The summed E-state index contributed by atoms with van der Waals surface area (Å²) in [6.07, 6.45) is 3.93. The molecule has 0 radical (unpaired) electrons. The molecule has 36 heavy (non-hydrogen) atoms. The van der Waals surface area contributed by atoms with Gasteiger partial charge in [0, 0.05) is 52.5 Å². The monoisotopic (exact) mass is 474 g/mol. The van der Waals surface area contributed by atoms with E-state index in [1.807, 2.05) is 122 Å². The number of anilines is 5. The second kappa shape index (κ2) is 10.1. The zero-order chi connectivity index (χ0) is 24.9. The van der Waals surface area contributed by atoms with E-state index in [0.717, 1.165) is 22.8 Å². The molecule has 2 aromatic heterocycles. The van der Waals surface area contributed by atoms with Crippen LogP contribution in [0.25, 0.3) is 5.69 Å². The number of rotatable bonds is 7. The van der Waals surface area contributed by atoms with Crippen LogP contribution in [0, 0.1) is 13.8 Å². The van der Waals surface area contributed by atoms with E-state index in [-0.39, 0.29) is 5.91 Å². The molecule has 5 rings (SSSR count). The molecule has 0 saturated heterocycles. The van der Waals surface area contributed by atoms with Gasteiger partial charge in [0.1, 0.15) is 5.82 Å². The molecule has 2 heterocycles. The molecule has 1 amide bonds. The number of amides is 1. The highest BCUT2D eigenvalue weighted by atomic mass is 16.1. The number of carbonyl (C=O) groups excluding carboxylic acids is 1. The van der Waals surface area contributed by atoms with Crippen molar-refractivity contribution in [1.82, 2.24) is 14.5 Å². The zero-order valence-electron chi connectivity index (χ0n) is 20.1. The molecule has 0 fully saturated rings. The van der Waals surface area contributed by atoms with E-state index in [1.165, 1.54) is 5.56 Å². The molecular formula is C29H26N6O. The lowest BCUT2D eigenvalue weighted by Crippen LogP contribution is -2.11. The topological polar surface area (TPSA) is 83.9 Å². The second-order valence-corrected chi connectivity index (χ2v) is 8.50. The van der Waals surface area contributed by atoms with Gasteiger partial charge in [-0.2, -0.15) is 4.98 Å². The fraction of sp³-hybridized carbons (Fsp3) is 0.0690. The summed E-state index contributed by atoms with van der Waals surface area (Å²) >= 11 is 0. The van der Waals surface area contributed by atoms with Gasteiger partial charge in [-0.25, -0.2) is 4.98 Å². The van der Waals surface area contributed by atoms with Crippen LogP contribution < -0.4 is 16.0 Å². The molecular weight excluding hydrogens is 448 g/mol. The summed E-state index contributed by atoms with van der Waals surface area (Å²) in [6, 6.07) is 28.9. The number of nitrogens with one attached hydrogen (secondary N) is 3. The second-order valence-electron chi connectivity index (χ2n) is 8.50. The van der Waals surface area contributed by atoms with Crippen molar-refractivity contribution in [3.05, 3.63) is 120 Å². The van der Waals surface area contributed by atoms with Crippen LogP contribution in [0.1, 0.15) is 21.6 Å². The van der Waals surface area contributed by atoms with Crippen molar-refractivity contribution in [2.45, 2.75) is 13.8 Å². The molecule has 3 aromatic carbocycles. The average molecular weight is 475 g/mol. The minimum Gasteiger partial charge on any atom is -0.340 e. The van der Waals surface area contributed by atoms with Crippen molar-refractivity contribution in [3.8, 4) is 5.69 Å². The van der Waals surface area contributed by atoms with Gasteiger partial charge in [0.15, 0.2) is 0 Å². The lowest BCUT2D eigenvalue weighted by molar-refractivity contribution is 0.102. The van der Waals surface area contributed by atoms with Crippen molar-refractivity contribution in [2.75, 3.05) is 16.0 Å². The molecule has 3 N–H and O–H groups in total. The van der Waals surface area contributed by atoms with Gasteiger partial charge < -0.3 is 20.5 Å². The Labute approximate surface area is 209 Å². The van der Waals surface area contributed by atoms with Crippen molar-refractivity contribution < 1.29 is 4.79 Å². The number of hydrogen-bond donors (Lipinski definition) is 3. The predicted molar refractivity (Wildman–Crippen MR) is 145 cm³/mol. The summed E-state index contributed by atoms with van der Waals surface area (Å²) in [7, 11) is 0. The van der Waals surface area contributed by atoms with Gasteiger partial charge in [0.25, 0.3) is 5.91 Å². The summed E-state index contributed by atoms with van der Waals surface area (Å²) in [6.45, 7) is 3.98. The van der Waals surface area contributed by atoms with Crippen LogP contribution in [0.15, 0.2) is 103 Å². The molecule has 0 aliphatic rings. The molecule has 7 heteroatoms. The van der Waals surface area contributed by atoms with Crippen LogP contribution in [0.2, 0.25) is 0 Å². The van der Waals surface area contributed by atoms with Crippen molar-refractivity contribution in [3.63, 3.8) is 0 Å². The van der Waals surface area contributed by atoms with Gasteiger partial charge in [0.2, 0.25) is 5.95 Å². The Morgan fingerprint density at radius 2 is 1.33 bits per heavy atom. The Balaban J connectivity index is 1.22. The minimum absolute atomic E-state index is 0.159. The van der Waals surface area contributed by atoms with Crippen LogP contribution >= 0.6 is 0 Å². The van der Waals surface area contributed by atoms with Gasteiger partial charge in [0.05, 0.1) is 0 Å². The largest absolute Gasteiger partial charge is 0.340 e. The predicted octanol–water partition coefficient (Wildman–Crippen LogP) is 6.62. The maximum Gasteiger partial charge on any atom is 0.255 e. The lowest BCUT2D eigenvalue weighted by Gasteiger charge is -2.11. The van der Waals surface area contributed by atoms with Crippen molar-refractivity contribution in [1.29, 1.82) is 0 Å². The van der Waals surface area contributed by atoms with Crippen LogP contribution in [-0.4, -0.2) is 20.4 Å². The lowest BCUT2D eigenvalue weighted by atomic mass is 10.2. The third kappa shape index (κ3) is 5.59. The molecule has 0 aliphatic heterocycles. The molecule has 0 bridgehead atoms. The van der Waals surface area contributed by atoms with E-state index in [1.54, 1.807) is 0 Å². The van der Waals surface area contributed by atoms with Crippen LogP contribution in [0.5, 0.6) is 0 Å². The third-order valence-corrected chi connectivity index (χ3v) is 5.61. The number of benzene rings is 3. The number of aromatic nitrogens is 3. The maximum atomic E-state index is 12.7. The number of carbonyl (C=O) groups is 1. The van der Waals surface area contributed by atoms with Crippen molar-refractivity contribution in [2.24, 2.45) is 0 Å². The molecule has 0 unspecified atom stereocenters. The van der Waals surface area contributed by atoms with E-state index in [9.17, 15) is 4.79 Å². The van der Waals surface area contributed by atoms with Gasteiger partial charge in [-0.1, -0.05) is 17.7 Å². The Morgan fingerprint density at radius 1 is 0.722 bits per heavy atom. The highest BCUT2D eigenvalue weighted by molar-refractivity contribution is 6.04. The molecule has 0 spiro atoms. The van der Waals surface area contributed by atoms with Gasteiger partial charge in [-0.15, -0.1) is 0 Å². The summed E-state index contributed by atoms with van der Waals surface area (Å²) in [5.74, 6) is 1.04. The molecule has 0 atom stereocenters. The van der Waals surface area contributed by atoms with Crippen LogP contribution in [0.4, 0.5) is 28.8 Å². The van der Waals surface area contributed by atoms with Gasteiger partial charge in [-0.3, -0.25) is 4.79 Å². The van der Waals surface area contributed by atoms with E-state index < -0.39 is 0 Å². The van der Waals surface area contributed by atoms with Crippen LogP contribution in [0.3, 0.4) is 0 Å². The fourth-order valence-electron chi connectivity index (χ4n) is 3.73. The number of nitrogens with zero attached hydrogens (tertiary/aromatic N) is 3. The number of aryl methyl sites for hydroxylation is 2. The normalized spacial score (nSPS) is 10.6. The Kier molecular flexibility index (Phi) is 6.44.